The van der Waals surface area contributed by atoms with Crippen LogP contribution in [-0.4, -0.2) is 0 Å². The SMILES string of the molecule is CC1(C)c2cccc(PP(c3ccccc3)c3ccccc3)c2Oc2c(PP(c3ccccc3)c3ccccc3)cccc21. The molecular weight excluding hydrogens is 608 g/mol. The molecule has 1 nitrogen and oxygen atoms in total. The summed E-state index contributed by atoms with van der Waals surface area (Å²) in [5, 5.41) is 8.23. The van der Waals surface area contributed by atoms with Crippen LogP contribution in [0.4, 0.5) is 0 Å². The predicted molar refractivity (Wildman–Crippen MR) is 199 cm³/mol. The van der Waals surface area contributed by atoms with Gasteiger partial charge in [-0.15, -0.1) is 0 Å². The van der Waals surface area contributed by atoms with Crippen LogP contribution in [0, 0.1) is 0 Å². The molecule has 6 aromatic carbocycles. The van der Waals surface area contributed by atoms with Gasteiger partial charge in [0.25, 0.3) is 0 Å². The number of hydrogen-bond donors (Lipinski definition) is 0. The topological polar surface area (TPSA) is 9.23 Å². The fourth-order valence-electron chi connectivity index (χ4n) is 5.81. The highest BCUT2D eigenvalue weighted by molar-refractivity contribution is 8.31. The van der Waals surface area contributed by atoms with Crippen molar-refractivity contribution in [3.63, 3.8) is 0 Å². The zero-order valence-electron chi connectivity index (χ0n) is 24.8. The van der Waals surface area contributed by atoms with Gasteiger partial charge < -0.3 is 4.74 Å². The quantitative estimate of drug-likeness (QED) is 0.151. The standard InChI is InChI=1S/C39H34OP4/c1-39(2)33-25-15-27-35(41-43(29-17-7-3-8-18-29)30-19-9-4-10-20-30)37(33)40-38-34(39)26-16-28-36(38)42-44(31-21-11-5-12-22-31)32-23-13-6-14-24-32/h3-28,41-42H,1-2H3. The molecule has 0 radical (unpaired) electrons. The lowest BCUT2D eigenvalue weighted by Crippen LogP contribution is -2.29. The van der Waals surface area contributed by atoms with Crippen molar-refractivity contribution in [2.24, 2.45) is 0 Å². The van der Waals surface area contributed by atoms with Crippen LogP contribution < -0.4 is 36.6 Å². The molecule has 216 valence electrons. The minimum atomic E-state index is -0.570. The van der Waals surface area contributed by atoms with Gasteiger partial charge in [0.1, 0.15) is 11.5 Å². The van der Waals surface area contributed by atoms with E-state index in [1.807, 2.05) is 0 Å². The monoisotopic (exact) mass is 642 g/mol. The van der Waals surface area contributed by atoms with Crippen molar-refractivity contribution in [3.05, 3.63) is 169 Å². The Hall–Kier alpha value is -3.16. The van der Waals surface area contributed by atoms with Crippen molar-refractivity contribution in [1.82, 2.24) is 0 Å². The van der Waals surface area contributed by atoms with Gasteiger partial charge in [-0.3, -0.25) is 0 Å². The first-order valence-electron chi connectivity index (χ1n) is 14.9. The molecule has 0 aliphatic carbocycles. The molecule has 44 heavy (non-hydrogen) atoms. The summed E-state index contributed by atoms with van der Waals surface area (Å²) in [6.45, 7) is 4.72. The Kier molecular flexibility index (Phi) is 8.77. The molecule has 6 aromatic rings. The Morgan fingerprint density at radius 2 is 0.727 bits per heavy atom. The van der Waals surface area contributed by atoms with Crippen molar-refractivity contribution >= 4 is 63.6 Å². The van der Waals surface area contributed by atoms with Crippen LogP contribution in [-0.2, 0) is 5.41 Å². The predicted octanol–water partition coefficient (Wildman–Crippen LogP) is 8.82. The van der Waals surface area contributed by atoms with E-state index in [1.165, 1.54) is 43.0 Å². The zero-order chi connectivity index (χ0) is 29.9. The molecule has 0 aromatic heterocycles. The van der Waals surface area contributed by atoms with Crippen LogP contribution in [0.1, 0.15) is 25.0 Å². The third-order valence-electron chi connectivity index (χ3n) is 8.10. The van der Waals surface area contributed by atoms with Crippen LogP contribution in [0.5, 0.6) is 11.5 Å². The Morgan fingerprint density at radius 3 is 1.05 bits per heavy atom. The average Bonchev–Trinajstić information content (AvgIpc) is 3.08. The highest BCUT2D eigenvalue weighted by atomic mass is 32.1. The molecule has 2 atom stereocenters. The van der Waals surface area contributed by atoms with Crippen LogP contribution in [0.25, 0.3) is 0 Å². The molecule has 5 heteroatoms. The van der Waals surface area contributed by atoms with E-state index in [2.05, 4.69) is 172 Å². The van der Waals surface area contributed by atoms with E-state index in [0.717, 1.165) is 11.5 Å². The molecule has 0 spiro atoms. The Balaban J connectivity index is 1.30. The van der Waals surface area contributed by atoms with Crippen LogP contribution >= 0.6 is 31.8 Å². The number of rotatable bonds is 8. The maximum absolute atomic E-state index is 7.16. The largest absolute Gasteiger partial charge is 0.455 e. The zero-order valence-corrected chi connectivity index (χ0v) is 28.6. The molecule has 1 heterocycles. The first-order chi connectivity index (χ1) is 21.6. The first kappa shape index (κ1) is 29.5. The number of benzene rings is 6. The highest BCUT2D eigenvalue weighted by Crippen LogP contribution is 2.58. The van der Waals surface area contributed by atoms with Gasteiger partial charge in [-0.1, -0.05) is 188 Å². The number of fused-ring (bicyclic) bond motifs is 2. The Morgan fingerprint density at radius 1 is 0.409 bits per heavy atom. The third kappa shape index (κ3) is 5.93. The van der Waals surface area contributed by atoms with E-state index >= 15 is 0 Å². The smallest absolute Gasteiger partial charge is 0.139 e. The highest BCUT2D eigenvalue weighted by Gasteiger charge is 2.37. The minimum Gasteiger partial charge on any atom is -0.455 e. The summed E-state index contributed by atoms with van der Waals surface area (Å²) in [6, 6.07) is 57.7. The van der Waals surface area contributed by atoms with E-state index in [4.69, 9.17) is 4.74 Å². The van der Waals surface area contributed by atoms with Crippen molar-refractivity contribution in [2.45, 2.75) is 19.3 Å². The second-order valence-electron chi connectivity index (χ2n) is 11.3. The summed E-state index contributed by atoms with van der Waals surface area (Å²) in [6.07, 6.45) is 0. The van der Waals surface area contributed by atoms with E-state index in [0.29, 0.717) is 16.5 Å². The van der Waals surface area contributed by atoms with Crippen LogP contribution in [0.15, 0.2) is 158 Å². The second kappa shape index (κ2) is 13.1. The van der Waals surface area contributed by atoms with Crippen molar-refractivity contribution in [2.75, 3.05) is 0 Å². The molecule has 0 saturated carbocycles. The van der Waals surface area contributed by atoms with Gasteiger partial charge in [0.15, 0.2) is 0 Å². The molecular formula is C39H34OP4. The minimum absolute atomic E-state index is 0.172. The fraction of sp³-hybridized carbons (Fsp3) is 0.0769. The summed E-state index contributed by atoms with van der Waals surface area (Å²) in [5.41, 5.74) is 2.38. The fourth-order valence-corrected chi connectivity index (χ4v) is 16.0. The molecule has 7 rings (SSSR count). The summed E-state index contributed by atoms with van der Waals surface area (Å²) in [5.74, 6) is 2.12. The van der Waals surface area contributed by atoms with E-state index in [-0.39, 0.29) is 5.41 Å². The summed E-state index contributed by atoms with van der Waals surface area (Å²) < 4.78 is 7.16. The van der Waals surface area contributed by atoms with E-state index in [9.17, 15) is 0 Å². The first-order valence-corrected chi connectivity index (χ1v) is 21.2. The molecule has 1 aliphatic heterocycles. The lowest BCUT2D eigenvalue weighted by atomic mass is 9.76. The molecule has 0 fully saturated rings. The second-order valence-corrected chi connectivity index (χ2v) is 20.3. The molecule has 0 saturated heterocycles. The lowest BCUT2D eigenvalue weighted by molar-refractivity contribution is 0.425. The normalized spacial score (nSPS) is 13.8. The molecule has 1 aliphatic rings. The van der Waals surface area contributed by atoms with Gasteiger partial charge in [-0.05, 0) is 36.4 Å². The van der Waals surface area contributed by atoms with E-state index < -0.39 is 15.2 Å². The molecule has 2 unspecified atom stereocenters. The van der Waals surface area contributed by atoms with Crippen LogP contribution in [0.3, 0.4) is 0 Å². The Bertz CT molecular complexity index is 1640. The van der Waals surface area contributed by atoms with Crippen molar-refractivity contribution < 1.29 is 4.74 Å². The molecule has 0 N–H and O–H groups in total. The van der Waals surface area contributed by atoms with Crippen molar-refractivity contribution in [1.29, 1.82) is 0 Å². The molecule has 0 amide bonds. The number of ether oxygens (including phenoxy) is 1. The van der Waals surface area contributed by atoms with Gasteiger partial charge in [0.05, 0.1) is 0 Å². The summed E-state index contributed by atoms with van der Waals surface area (Å²) >= 11 is 0. The van der Waals surface area contributed by atoms with Gasteiger partial charge in [-0.2, -0.15) is 0 Å². The van der Waals surface area contributed by atoms with Crippen LogP contribution in [0.2, 0.25) is 0 Å². The van der Waals surface area contributed by atoms with E-state index in [1.54, 1.807) is 0 Å². The lowest BCUT2D eigenvalue weighted by Gasteiger charge is -2.37. The summed E-state index contributed by atoms with van der Waals surface area (Å²) in [4.78, 5) is 0. The number of hydrogen-bond acceptors (Lipinski definition) is 1. The van der Waals surface area contributed by atoms with Gasteiger partial charge in [-0.25, -0.2) is 0 Å². The van der Waals surface area contributed by atoms with Gasteiger partial charge in [0.2, 0.25) is 0 Å². The molecule has 0 bridgehead atoms. The van der Waals surface area contributed by atoms with Crippen molar-refractivity contribution in [3.8, 4) is 11.5 Å². The number of para-hydroxylation sites is 2. The summed E-state index contributed by atoms with van der Waals surface area (Å²) in [7, 11) is 0.0534. The van der Waals surface area contributed by atoms with Gasteiger partial charge >= 0.3 is 0 Å². The maximum Gasteiger partial charge on any atom is 0.139 e. The van der Waals surface area contributed by atoms with Gasteiger partial charge in [0, 0.05) is 27.2 Å². The maximum atomic E-state index is 7.16. The average molecular weight is 643 g/mol. The Labute approximate surface area is 267 Å². The third-order valence-corrected chi connectivity index (χ3v) is 19.0.